The maximum absolute atomic E-state index is 12.6. The van der Waals surface area contributed by atoms with Crippen LogP contribution in [-0.2, 0) is 14.8 Å². The van der Waals surface area contributed by atoms with Crippen LogP contribution in [0.4, 0.5) is 0 Å². The molecule has 1 N–H and O–H groups in total. The van der Waals surface area contributed by atoms with Crippen LogP contribution in [0.1, 0.15) is 36.5 Å². The fourth-order valence-corrected chi connectivity index (χ4v) is 5.01. The Morgan fingerprint density at radius 2 is 1.74 bits per heavy atom. The van der Waals surface area contributed by atoms with Crippen LogP contribution in [0.2, 0.25) is 0 Å². The largest absolute Gasteiger partial charge is 0.379 e. The third kappa shape index (κ3) is 5.07. The van der Waals surface area contributed by atoms with Crippen LogP contribution in [0.25, 0.3) is 0 Å². The van der Waals surface area contributed by atoms with E-state index in [4.69, 9.17) is 4.74 Å². The van der Waals surface area contributed by atoms with Gasteiger partial charge in [-0.2, -0.15) is 4.31 Å². The standard InChI is InChI=1S/C19H29N3O4S/c1-2-9-21-10-7-17(8-11-21)20-19(23)16-3-5-18(6-4-16)27(24,25)22-12-14-26-15-13-22/h3-6,17H,2,7-15H2,1H3,(H,20,23). The number of likely N-dealkylation sites (tertiary alicyclic amines) is 1. The van der Waals surface area contributed by atoms with Gasteiger partial charge >= 0.3 is 0 Å². The molecule has 7 nitrogen and oxygen atoms in total. The molecule has 0 atom stereocenters. The summed E-state index contributed by atoms with van der Waals surface area (Å²) in [6, 6.07) is 6.40. The lowest BCUT2D eigenvalue weighted by Crippen LogP contribution is -2.44. The van der Waals surface area contributed by atoms with Crippen LogP contribution >= 0.6 is 0 Å². The lowest BCUT2D eigenvalue weighted by atomic mass is 10.0. The second-order valence-corrected chi connectivity index (χ2v) is 9.07. The number of carbonyl (C=O) groups is 1. The Hall–Kier alpha value is -1.48. The van der Waals surface area contributed by atoms with Gasteiger partial charge in [-0.25, -0.2) is 8.42 Å². The van der Waals surface area contributed by atoms with Crippen molar-refractivity contribution in [3.63, 3.8) is 0 Å². The molecular weight excluding hydrogens is 366 g/mol. The molecule has 2 fully saturated rings. The highest BCUT2D eigenvalue weighted by Crippen LogP contribution is 2.18. The van der Waals surface area contributed by atoms with Crippen molar-refractivity contribution in [3.05, 3.63) is 29.8 Å². The molecule has 3 rings (SSSR count). The van der Waals surface area contributed by atoms with Crippen molar-refractivity contribution in [1.29, 1.82) is 0 Å². The number of sulfonamides is 1. The van der Waals surface area contributed by atoms with Crippen molar-refractivity contribution in [2.24, 2.45) is 0 Å². The zero-order valence-corrected chi connectivity index (χ0v) is 16.7. The summed E-state index contributed by atoms with van der Waals surface area (Å²) in [5.74, 6) is -0.140. The highest BCUT2D eigenvalue weighted by Gasteiger charge is 2.26. The average Bonchev–Trinajstić information content (AvgIpc) is 2.70. The minimum Gasteiger partial charge on any atom is -0.379 e. The Morgan fingerprint density at radius 1 is 1.11 bits per heavy atom. The summed E-state index contributed by atoms with van der Waals surface area (Å²) in [5, 5.41) is 3.08. The van der Waals surface area contributed by atoms with Crippen LogP contribution in [0.5, 0.6) is 0 Å². The first kappa shape index (κ1) is 20.3. The summed E-state index contributed by atoms with van der Waals surface area (Å²) in [6.07, 6.45) is 3.06. The van der Waals surface area contributed by atoms with E-state index in [0.717, 1.165) is 38.9 Å². The number of ether oxygens (including phenoxy) is 1. The van der Waals surface area contributed by atoms with Gasteiger partial charge in [-0.15, -0.1) is 0 Å². The predicted octanol–water partition coefficient (Wildman–Crippen LogP) is 1.31. The smallest absolute Gasteiger partial charge is 0.251 e. The molecular formula is C19H29N3O4S. The van der Waals surface area contributed by atoms with Crippen LogP contribution in [-0.4, -0.2) is 75.5 Å². The van der Waals surface area contributed by atoms with E-state index < -0.39 is 10.0 Å². The van der Waals surface area contributed by atoms with Crippen LogP contribution in [0.15, 0.2) is 29.2 Å². The van der Waals surface area contributed by atoms with Gasteiger partial charge in [0.25, 0.3) is 5.91 Å². The van der Waals surface area contributed by atoms with Gasteiger partial charge in [0.2, 0.25) is 10.0 Å². The lowest BCUT2D eigenvalue weighted by molar-refractivity contribution is 0.0730. The molecule has 1 aromatic carbocycles. The first-order chi connectivity index (χ1) is 13.0. The molecule has 2 aliphatic heterocycles. The molecule has 0 aliphatic carbocycles. The predicted molar refractivity (Wildman–Crippen MR) is 103 cm³/mol. The Labute approximate surface area is 161 Å². The summed E-state index contributed by atoms with van der Waals surface area (Å²) in [5.41, 5.74) is 0.493. The van der Waals surface area contributed by atoms with Gasteiger partial charge in [-0.05, 0) is 50.1 Å². The summed E-state index contributed by atoms with van der Waals surface area (Å²) in [7, 11) is -3.53. The molecule has 150 valence electrons. The van der Waals surface area contributed by atoms with E-state index in [0.29, 0.717) is 31.9 Å². The van der Waals surface area contributed by atoms with E-state index in [1.54, 1.807) is 12.1 Å². The van der Waals surface area contributed by atoms with Gasteiger partial charge in [-0.1, -0.05) is 6.92 Å². The number of benzene rings is 1. The topological polar surface area (TPSA) is 79.0 Å². The van der Waals surface area contributed by atoms with E-state index in [-0.39, 0.29) is 16.8 Å². The SMILES string of the molecule is CCCN1CCC(NC(=O)c2ccc(S(=O)(=O)N3CCOCC3)cc2)CC1. The van der Waals surface area contributed by atoms with Crippen LogP contribution < -0.4 is 5.32 Å². The fraction of sp³-hybridized carbons (Fsp3) is 0.632. The number of morpholine rings is 1. The second kappa shape index (κ2) is 9.14. The number of nitrogens with one attached hydrogen (secondary N) is 1. The van der Waals surface area contributed by atoms with E-state index in [2.05, 4.69) is 17.1 Å². The van der Waals surface area contributed by atoms with E-state index >= 15 is 0 Å². The van der Waals surface area contributed by atoms with Crippen molar-refractivity contribution in [2.75, 3.05) is 45.9 Å². The summed E-state index contributed by atoms with van der Waals surface area (Å²) in [4.78, 5) is 15.1. The molecule has 0 saturated carbocycles. The van der Waals surface area contributed by atoms with Crippen molar-refractivity contribution >= 4 is 15.9 Å². The van der Waals surface area contributed by atoms with Gasteiger partial charge < -0.3 is 15.0 Å². The number of rotatable bonds is 6. The molecule has 27 heavy (non-hydrogen) atoms. The Bertz CT molecular complexity index is 722. The lowest BCUT2D eigenvalue weighted by Gasteiger charge is -2.32. The first-order valence-electron chi connectivity index (χ1n) is 9.72. The first-order valence-corrected chi connectivity index (χ1v) is 11.2. The van der Waals surface area contributed by atoms with Gasteiger partial charge in [0, 0.05) is 37.8 Å². The van der Waals surface area contributed by atoms with E-state index in [1.165, 1.54) is 16.4 Å². The number of piperidine rings is 1. The van der Waals surface area contributed by atoms with Crippen molar-refractivity contribution in [1.82, 2.24) is 14.5 Å². The number of hydrogen-bond acceptors (Lipinski definition) is 5. The fourth-order valence-electron chi connectivity index (χ4n) is 3.60. The van der Waals surface area contributed by atoms with Gasteiger partial charge in [-0.3, -0.25) is 4.79 Å². The molecule has 0 aromatic heterocycles. The van der Waals surface area contributed by atoms with Gasteiger partial charge in [0.1, 0.15) is 0 Å². The number of carbonyl (C=O) groups excluding carboxylic acids is 1. The second-order valence-electron chi connectivity index (χ2n) is 7.13. The minimum atomic E-state index is -3.53. The summed E-state index contributed by atoms with van der Waals surface area (Å²) in [6.45, 7) is 6.86. The molecule has 1 amide bonds. The highest BCUT2D eigenvalue weighted by molar-refractivity contribution is 7.89. The zero-order valence-electron chi connectivity index (χ0n) is 15.9. The third-order valence-electron chi connectivity index (χ3n) is 5.19. The maximum atomic E-state index is 12.6. The number of amides is 1. The quantitative estimate of drug-likeness (QED) is 0.786. The molecule has 0 radical (unpaired) electrons. The normalized spacial score (nSPS) is 20.5. The highest BCUT2D eigenvalue weighted by atomic mass is 32.2. The molecule has 1 aromatic rings. The Kier molecular flexibility index (Phi) is 6.86. The zero-order chi connectivity index (χ0) is 19.3. The summed E-state index contributed by atoms with van der Waals surface area (Å²) >= 11 is 0. The van der Waals surface area contributed by atoms with E-state index in [9.17, 15) is 13.2 Å². The minimum absolute atomic E-state index is 0.140. The number of nitrogens with zero attached hydrogens (tertiary/aromatic N) is 2. The van der Waals surface area contributed by atoms with Crippen molar-refractivity contribution < 1.29 is 17.9 Å². The monoisotopic (exact) mass is 395 g/mol. The maximum Gasteiger partial charge on any atom is 0.251 e. The van der Waals surface area contributed by atoms with Gasteiger partial charge in [0.15, 0.2) is 0 Å². The van der Waals surface area contributed by atoms with Crippen LogP contribution in [0.3, 0.4) is 0 Å². The molecule has 0 bridgehead atoms. The summed E-state index contributed by atoms with van der Waals surface area (Å²) < 4.78 is 31.9. The Balaban J connectivity index is 1.57. The Morgan fingerprint density at radius 3 is 2.33 bits per heavy atom. The molecule has 2 heterocycles. The molecule has 0 unspecified atom stereocenters. The average molecular weight is 396 g/mol. The number of hydrogen-bond donors (Lipinski definition) is 1. The third-order valence-corrected chi connectivity index (χ3v) is 7.10. The van der Waals surface area contributed by atoms with Crippen molar-refractivity contribution in [3.8, 4) is 0 Å². The molecule has 2 saturated heterocycles. The van der Waals surface area contributed by atoms with E-state index in [1.807, 2.05) is 0 Å². The van der Waals surface area contributed by atoms with Crippen molar-refractivity contribution in [2.45, 2.75) is 37.1 Å². The molecule has 8 heteroatoms. The molecule has 2 aliphatic rings. The molecule has 0 spiro atoms. The van der Waals surface area contributed by atoms with Crippen LogP contribution in [0, 0.1) is 0 Å². The van der Waals surface area contributed by atoms with Gasteiger partial charge in [0.05, 0.1) is 18.1 Å².